The molecule has 1 atom stereocenters. The molecule has 13 heteroatoms. The first kappa shape index (κ1) is 29.5. The Bertz CT molecular complexity index is 1670. The van der Waals surface area contributed by atoms with Crippen LogP contribution in [0.25, 0.3) is 11.3 Å². The number of halogens is 3. The highest BCUT2D eigenvalue weighted by Gasteiger charge is 2.48. The van der Waals surface area contributed by atoms with E-state index >= 15 is 4.39 Å². The molecule has 0 radical (unpaired) electrons. The van der Waals surface area contributed by atoms with Crippen LogP contribution in [0, 0.1) is 34.7 Å². The van der Waals surface area contributed by atoms with Gasteiger partial charge >= 0.3 is 0 Å². The average Bonchev–Trinajstić information content (AvgIpc) is 3.15. The second kappa shape index (κ2) is 11.6. The summed E-state index contributed by atoms with van der Waals surface area (Å²) in [7, 11) is -4.90. The van der Waals surface area contributed by atoms with E-state index in [0.717, 1.165) is 24.3 Å². The molecule has 2 heterocycles. The molecule has 0 saturated heterocycles. The molecule has 41 heavy (non-hydrogen) atoms. The van der Waals surface area contributed by atoms with E-state index in [-0.39, 0.29) is 53.8 Å². The number of Topliss-reactive ketones (excluding diaryl/α,β-unsaturated/α-hetero) is 1. The van der Waals surface area contributed by atoms with Gasteiger partial charge in [-0.15, -0.1) is 0 Å². The monoisotopic (exact) mass is 585 g/mol. The van der Waals surface area contributed by atoms with Gasteiger partial charge in [-0.25, -0.2) is 31.6 Å². The minimum Gasteiger partial charge on any atom is -0.476 e. The largest absolute Gasteiger partial charge is 0.476 e. The summed E-state index contributed by atoms with van der Waals surface area (Å²) in [6.07, 6.45) is 1.86. The molecular formula is C28H26F3N5O4S. The predicted octanol–water partition coefficient (Wildman–Crippen LogP) is 5.29. The van der Waals surface area contributed by atoms with E-state index in [2.05, 4.69) is 15.3 Å². The zero-order valence-corrected chi connectivity index (χ0v) is 23.2. The second-order valence-electron chi connectivity index (χ2n) is 9.89. The van der Waals surface area contributed by atoms with Gasteiger partial charge in [-0.05, 0) is 43.5 Å². The lowest BCUT2D eigenvalue weighted by atomic mass is 9.86. The zero-order valence-electron chi connectivity index (χ0n) is 22.3. The van der Waals surface area contributed by atoms with Crippen LogP contribution in [-0.2, 0) is 19.6 Å². The molecule has 0 bridgehead atoms. The number of sulfonamides is 1. The predicted molar refractivity (Wildman–Crippen MR) is 145 cm³/mol. The number of nitrogens with one attached hydrogen (secondary N) is 2. The molecule has 9 nitrogen and oxygen atoms in total. The van der Waals surface area contributed by atoms with E-state index in [9.17, 15) is 22.0 Å². The van der Waals surface area contributed by atoms with Gasteiger partial charge in [0.2, 0.25) is 11.7 Å². The average molecular weight is 586 g/mol. The Morgan fingerprint density at radius 3 is 2.44 bits per heavy atom. The highest BCUT2D eigenvalue weighted by Crippen LogP contribution is 2.45. The molecule has 0 aliphatic carbocycles. The van der Waals surface area contributed by atoms with Crippen molar-refractivity contribution in [2.75, 3.05) is 16.6 Å². The van der Waals surface area contributed by atoms with Crippen molar-refractivity contribution in [1.29, 1.82) is 5.26 Å². The van der Waals surface area contributed by atoms with Crippen LogP contribution in [-0.4, -0.2) is 36.3 Å². The molecule has 0 fully saturated rings. The fourth-order valence-electron chi connectivity index (χ4n) is 4.57. The molecule has 1 aliphatic heterocycles. The molecule has 0 saturated carbocycles. The lowest BCUT2D eigenvalue weighted by Crippen LogP contribution is -2.35. The SMILES string of the molecule is CC(C)CC1(C)OC(c2ccnc(NCCC#N)n2)=C(c2cccc(NS(=O)(=O)c3c(F)cccc3F)c2F)C1=O. The number of rotatable bonds is 10. The third kappa shape index (κ3) is 6.02. The molecule has 2 aromatic carbocycles. The number of aromatic nitrogens is 2. The molecule has 214 valence electrons. The summed E-state index contributed by atoms with van der Waals surface area (Å²) in [5, 5.41) is 11.7. The third-order valence-corrected chi connectivity index (χ3v) is 7.58. The van der Waals surface area contributed by atoms with Crippen LogP contribution in [0.2, 0.25) is 0 Å². The van der Waals surface area contributed by atoms with Crippen LogP contribution in [0.1, 0.15) is 44.9 Å². The quantitative estimate of drug-likeness (QED) is 0.307. The van der Waals surface area contributed by atoms with Gasteiger partial charge in [-0.3, -0.25) is 9.52 Å². The number of anilines is 2. The van der Waals surface area contributed by atoms with Gasteiger partial charge in [0.05, 0.1) is 23.8 Å². The minimum absolute atomic E-state index is 0.0109. The number of ether oxygens (including phenoxy) is 1. The van der Waals surface area contributed by atoms with Gasteiger partial charge in [-0.2, -0.15) is 5.26 Å². The van der Waals surface area contributed by atoms with E-state index in [1.807, 2.05) is 24.6 Å². The molecule has 0 spiro atoms. The standard InChI is InChI=1S/C28H26F3N5O4S/c1-16(2)15-28(3)26(37)22(24(40-28)21-11-14-34-27(35-21)33-13-6-12-32)17-7-4-10-20(23(17)31)36-41(38,39)25-18(29)8-5-9-19(25)30/h4-5,7-11,14,16,36H,6,13,15H2,1-3H3,(H,33,34,35). The van der Waals surface area contributed by atoms with Crippen LogP contribution < -0.4 is 10.0 Å². The first-order valence-corrected chi connectivity index (χ1v) is 14.0. The van der Waals surface area contributed by atoms with Crippen molar-refractivity contribution in [2.24, 2.45) is 5.92 Å². The first-order valence-electron chi connectivity index (χ1n) is 12.6. The maximum Gasteiger partial charge on any atom is 0.267 e. The molecule has 1 aromatic heterocycles. The van der Waals surface area contributed by atoms with Crippen LogP contribution >= 0.6 is 0 Å². The van der Waals surface area contributed by atoms with Gasteiger partial charge in [0.15, 0.2) is 22.1 Å². The number of hydrogen-bond acceptors (Lipinski definition) is 8. The first-order chi connectivity index (χ1) is 19.4. The van der Waals surface area contributed by atoms with Crippen LogP contribution in [0.3, 0.4) is 0 Å². The normalized spacial score (nSPS) is 17.0. The summed E-state index contributed by atoms with van der Waals surface area (Å²) in [5.74, 6) is -4.33. The molecule has 1 unspecified atom stereocenters. The Morgan fingerprint density at radius 1 is 1.10 bits per heavy atom. The molecule has 2 N–H and O–H groups in total. The summed E-state index contributed by atoms with van der Waals surface area (Å²) in [5.41, 5.74) is -2.37. The summed E-state index contributed by atoms with van der Waals surface area (Å²) in [6, 6.07) is 9.58. The maximum atomic E-state index is 16.0. The highest BCUT2D eigenvalue weighted by molar-refractivity contribution is 7.92. The van der Waals surface area contributed by atoms with Crippen LogP contribution in [0.5, 0.6) is 0 Å². The van der Waals surface area contributed by atoms with Crippen molar-refractivity contribution in [3.8, 4) is 6.07 Å². The van der Waals surface area contributed by atoms with Crippen LogP contribution in [0.4, 0.5) is 24.8 Å². The van der Waals surface area contributed by atoms with Crippen molar-refractivity contribution in [2.45, 2.75) is 44.1 Å². The number of nitriles is 1. The lowest BCUT2D eigenvalue weighted by molar-refractivity contribution is -0.127. The van der Waals surface area contributed by atoms with Gasteiger partial charge in [-0.1, -0.05) is 32.0 Å². The van der Waals surface area contributed by atoms with Gasteiger partial charge in [0.1, 0.15) is 17.3 Å². The van der Waals surface area contributed by atoms with E-state index in [1.165, 1.54) is 24.4 Å². The Balaban J connectivity index is 1.83. The minimum atomic E-state index is -4.90. The number of hydrogen-bond donors (Lipinski definition) is 2. The zero-order chi connectivity index (χ0) is 29.9. The number of carbonyl (C=O) groups is 1. The maximum absolute atomic E-state index is 16.0. The lowest BCUT2D eigenvalue weighted by Gasteiger charge is -2.25. The Labute approximate surface area is 235 Å². The molecular weight excluding hydrogens is 559 g/mol. The van der Waals surface area contributed by atoms with E-state index in [0.29, 0.717) is 0 Å². The van der Waals surface area contributed by atoms with Crippen molar-refractivity contribution < 1.29 is 31.1 Å². The second-order valence-corrected chi connectivity index (χ2v) is 11.5. The molecule has 0 amide bonds. The van der Waals surface area contributed by atoms with Gasteiger partial charge in [0.25, 0.3) is 10.0 Å². The third-order valence-electron chi connectivity index (χ3n) is 6.17. The van der Waals surface area contributed by atoms with Gasteiger partial charge < -0.3 is 10.1 Å². The van der Waals surface area contributed by atoms with E-state index in [1.54, 1.807) is 6.92 Å². The van der Waals surface area contributed by atoms with E-state index < -0.39 is 49.4 Å². The summed E-state index contributed by atoms with van der Waals surface area (Å²) < 4.78 is 78.2. The fourth-order valence-corrected chi connectivity index (χ4v) is 5.77. The molecule has 1 aliphatic rings. The Hall–Kier alpha value is -4.44. The van der Waals surface area contributed by atoms with Crippen molar-refractivity contribution in [3.05, 3.63) is 77.4 Å². The molecule has 4 rings (SSSR count). The fraction of sp³-hybridized carbons (Fsp3) is 0.286. The number of ketones is 1. The van der Waals surface area contributed by atoms with Crippen molar-refractivity contribution in [1.82, 2.24) is 9.97 Å². The Morgan fingerprint density at radius 2 is 1.78 bits per heavy atom. The van der Waals surface area contributed by atoms with Gasteiger partial charge in [0, 0.05) is 18.3 Å². The number of nitrogens with zero attached hydrogens (tertiary/aromatic N) is 3. The number of benzene rings is 2. The van der Waals surface area contributed by atoms with E-state index in [4.69, 9.17) is 10.00 Å². The smallest absolute Gasteiger partial charge is 0.267 e. The van der Waals surface area contributed by atoms with Crippen molar-refractivity contribution >= 4 is 38.8 Å². The Kier molecular flexibility index (Phi) is 8.34. The number of carbonyl (C=O) groups excluding carboxylic acids is 1. The highest BCUT2D eigenvalue weighted by atomic mass is 32.2. The van der Waals surface area contributed by atoms with Crippen LogP contribution in [0.15, 0.2) is 53.6 Å². The van der Waals surface area contributed by atoms with Crippen molar-refractivity contribution in [3.63, 3.8) is 0 Å². The topological polar surface area (TPSA) is 134 Å². The summed E-state index contributed by atoms with van der Waals surface area (Å²) in [6.45, 7) is 5.61. The summed E-state index contributed by atoms with van der Waals surface area (Å²) >= 11 is 0. The molecule has 3 aromatic rings. The summed E-state index contributed by atoms with van der Waals surface area (Å²) in [4.78, 5) is 21.0.